The average Bonchev–Trinajstić information content (AvgIpc) is 3.03. The smallest absolute Gasteiger partial charge is 0.193 e. The molecule has 2 heterocycles. The number of para-hydroxylation sites is 1. The molecule has 0 spiro atoms. The molecular weight excluding hydrogens is 447 g/mol. The van der Waals surface area contributed by atoms with E-state index >= 15 is 0 Å². The molecule has 0 bridgehead atoms. The number of halogens is 1. The molecule has 136 valence electrons. The fourth-order valence-electron chi connectivity index (χ4n) is 2.80. The number of thiophene rings is 1. The van der Waals surface area contributed by atoms with Crippen LogP contribution >= 0.6 is 35.3 Å². The molecule has 0 radical (unpaired) electrons. The molecule has 3 N–H and O–H groups in total. The van der Waals surface area contributed by atoms with Crippen molar-refractivity contribution >= 4 is 47.0 Å². The summed E-state index contributed by atoms with van der Waals surface area (Å²) in [6.45, 7) is 6.21. The van der Waals surface area contributed by atoms with Crippen LogP contribution in [0.5, 0.6) is 0 Å². The maximum absolute atomic E-state index is 6.07. The summed E-state index contributed by atoms with van der Waals surface area (Å²) in [5, 5.41) is 3.14. The van der Waals surface area contributed by atoms with E-state index in [9.17, 15) is 0 Å². The Kier molecular flexibility index (Phi) is 8.14. The number of aliphatic imine (C=N–C) groups is 1. The fraction of sp³-hybridized carbons (Fsp3) is 0.389. The highest BCUT2D eigenvalue weighted by molar-refractivity contribution is 14.0. The van der Waals surface area contributed by atoms with Gasteiger partial charge in [0.2, 0.25) is 0 Å². The first-order valence-electron chi connectivity index (χ1n) is 8.22. The quantitative estimate of drug-likeness (QED) is 0.398. The van der Waals surface area contributed by atoms with Crippen LogP contribution in [0.4, 0.5) is 5.69 Å². The normalized spacial score (nSPS) is 16.9. The second-order valence-electron chi connectivity index (χ2n) is 5.83. The summed E-state index contributed by atoms with van der Waals surface area (Å²) in [5.74, 6) is 0.452. The van der Waals surface area contributed by atoms with Crippen LogP contribution in [-0.4, -0.2) is 43.7 Å². The van der Waals surface area contributed by atoms with Crippen LogP contribution < -0.4 is 11.1 Å². The summed E-state index contributed by atoms with van der Waals surface area (Å²) in [7, 11) is 0. The third kappa shape index (κ3) is 5.95. The maximum atomic E-state index is 6.07. The zero-order valence-electron chi connectivity index (χ0n) is 14.4. The third-order valence-electron chi connectivity index (χ3n) is 4.06. The van der Waals surface area contributed by atoms with E-state index in [1.807, 2.05) is 41.7 Å². The minimum atomic E-state index is 0. The van der Waals surface area contributed by atoms with Gasteiger partial charge >= 0.3 is 0 Å². The summed E-state index contributed by atoms with van der Waals surface area (Å²) in [4.78, 5) is 9.69. The van der Waals surface area contributed by atoms with E-state index in [4.69, 9.17) is 10.5 Å². The van der Waals surface area contributed by atoms with Gasteiger partial charge in [0.05, 0.1) is 25.8 Å². The molecule has 2 aromatic rings. The molecule has 0 saturated carbocycles. The molecule has 0 aliphatic carbocycles. The molecule has 1 fully saturated rings. The van der Waals surface area contributed by atoms with Crippen molar-refractivity contribution in [2.75, 3.05) is 38.2 Å². The zero-order chi connectivity index (χ0) is 16.8. The molecule has 5 nitrogen and oxygen atoms in total. The van der Waals surface area contributed by atoms with Gasteiger partial charge in [-0.1, -0.05) is 18.2 Å². The predicted molar refractivity (Wildman–Crippen MR) is 116 cm³/mol. The minimum Gasteiger partial charge on any atom is -0.379 e. The Morgan fingerprint density at radius 2 is 1.96 bits per heavy atom. The Bertz CT molecular complexity index is 671. The number of morpholine rings is 1. The van der Waals surface area contributed by atoms with Crippen LogP contribution in [0, 0.1) is 6.92 Å². The van der Waals surface area contributed by atoms with Crippen molar-refractivity contribution < 1.29 is 4.74 Å². The molecule has 0 amide bonds. The van der Waals surface area contributed by atoms with Crippen molar-refractivity contribution in [3.63, 3.8) is 0 Å². The second-order valence-corrected chi connectivity index (χ2v) is 7.15. The summed E-state index contributed by atoms with van der Waals surface area (Å²) in [6.07, 6.45) is 0. The number of nitrogens with one attached hydrogen (secondary N) is 1. The number of benzene rings is 1. The minimum absolute atomic E-state index is 0. The Hall–Kier alpha value is -1.16. The van der Waals surface area contributed by atoms with Gasteiger partial charge in [-0.3, -0.25) is 9.89 Å². The van der Waals surface area contributed by atoms with Gasteiger partial charge in [0, 0.05) is 28.5 Å². The molecule has 1 aromatic heterocycles. The molecule has 1 aliphatic rings. The van der Waals surface area contributed by atoms with Crippen molar-refractivity contribution in [1.82, 2.24) is 4.90 Å². The Labute approximate surface area is 170 Å². The molecule has 1 unspecified atom stereocenters. The van der Waals surface area contributed by atoms with Gasteiger partial charge in [-0.25, -0.2) is 0 Å². The van der Waals surface area contributed by atoms with E-state index in [-0.39, 0.29) is 30.0 Å². The number of hydrogen-bond donors (Lipinski definition) is 2. The Morgan fingerprint density at radius 1 is 1.24 bits per heavy atom. The number of rotatable bonds is 5. The standard InChI is InChI=1S/C18H24N4OS.HI/c1-14-7-8-17(24-14)16(22-9-11-23-12-10-22)13-20-18(19)21-15-5-3-2-4-6-15;/h2-8,16H,9-13H2,1H3,(H3,19,20,21);1H. The summed E-state index contributed by atoms with van der Waals surface area (Å²) < 4.78 is 5.48. The van der Waals surface area contributed by atoms with Crippen molar-refractivity contribution in [3.05, 3.63) is 52.2 Å². The van der Waals surface area contributed by atoms with Gasteiger partial charge < -0.3 is 15.8 Å². The average molecular weight is 472 g/mol. The van der Waals surface area contributed by atoms with E-state index < -0.39 is 0 Å². The number of nitrogens with two attached hydrogens (primary N) is 1. The molecule has 1 atom stereocenters. The lowest BCUT2D eigenvalue weighted by molar-refractivity contribution is 0.0187. The van der Waals surface area contributed by atoms with Crippen LogP contribution in [0.1, 0.15) is 15.8 Å². The second kappa shape index (κ2) is 10.1. The van der Waals surface area contributed by atoms with Crippen molar-refractivity contribution in [2.24, 2.45) is 10.7 Å². The monoisotopic (exact) mass is 472 g/mol. The lowest BCUT2D eigenvalue weighted by atomic mass is 10.2. The molecule has 3 rings (SSSR count). The topological polar surface area (TPSA) is 62.9 Å². The van der Waals surface area contributed by atoms with Crippen LogP contribution in [0.25, 0.3) is 0 Å². The molecule has 1 aromatic carbocycles. The van der Waals surface area contributed by atoms with E-state index in [0.717, 1.165) is 32.0 Å². The van der Waals surface area contributed by atoms with Gasteiger partial charge in [-0.05, 0) is 31.2 Å². The molecule has 1 saturated heterocycles. The summed E-state index contributed by atoms with van der Waals surface area (Å²) in [6, 6.07) is 14.5. The predicted octanol–water partition coefficient (Wildman–Crippen LogP) is 3.47. The van der Waals surface area contributed by atoms with E-state index in [1.54, 1.807) is 0 Å². The largest absolute Gasteiger partial charge is 0.379 e. The van der Waals surface area contributed by atoms with Crippen molar-refractivity contribution in [1.29, 1.82) is 0 Å². The van der Waals surface area contributed by atoms with Crippen molar-refractivity contribution in [2.45, 2.75) is 13.0 Å². The molecular formula is C18H25IN4OS. The van der Waals surface area contributed by atoms with Gasteiger partial charge in [0.1, 0.15) is 0 Å². The van der Waals surface area contributed by atoms with Crippen LogP contribution in [0.2, 0.25) is 0 Å². The van der Waals surface area contributed by atoms with E-state index in [0.29, 0.717) is 12.5 Å². The van der Waals surface area contributed by atoms with Crippen LogP contribution in [0.3, 0.4) is 0 Å². The first-order chi connectivity index (χ1) is 11.7. The third-order valence-corrected chi connectivity index (χ3v) is 5.16. The number of hydrogen-bond acceptors (Lipinski definition) is 4. The highest BCUT2D eigenvalue weighted by Crippen LogP contribution is 2.28. The summed E-state index contributed by atoms with van der Waals surface area (Å²) >= 11 is 1.83. The Morgan fingerprint density at radius 3 is 2.60 bits per heavy atom. The fourth-order valence-corrected chi connectivity index (χ4v) is 3.80. The first-order valence-corrected chi connectivity index (χ1v) is 9.04. The first kappa shape index (κ1) is 20.2. The van der Waals surface area contributed by atoms with E-state index in [1.165, 1.54) is 9.75 Å². The highest BCUT2D eigenvalue weighted by atomic mass is 127. The van der Waals surface area contributed by atoms with Crippen LogP contribution in [0.15, 0.2) is 47.5 Å². The van der Waals surface area contributed by atoms with Crippen LogP contribution in [-0.2, 0) is 4.74 Å². The molecule has 25 heavy (non-hydrogen) atoms. The number of nitrogens with zero attached hydrogens (tertiary/aromatic N) is 2. The number of aryl methyl sites for hydroxylation is 1. The van der Waals surface area contributed by atoms with Crippen molar-refractivity contribution in [3.8, 4) is 0 Å². The lowest BCUT2D eigenvalue weighted by Crippen LogP contribution is -2.40. The molecule has 1 aliphatic heterocycles. The van der Waals surface area contributed by atoms with E-state index in [2.05, 4.69) is 34.3 Å². The number of anilines is 1. The maximum Gasteiger partial charge on any atom is 0.193 e. The highest BCUT2D eigenvalue weighted by Gasteiger charge is 2.23. The SMILES string of the molecule is Cc1ccc(C(CN=C(N)Nc2ccccc2)N2CCOCC2)s1.I. The zero-order valence-corrected chi connectivity index (χ0v) is 17.5. The van der Waals surface area contributed by atoms with Gasteiger partial charge in [-0.15, -0.1) is 35.3 Å². The van der Waals surface area contributed by atoms with Gasteiger partial charge in [0.25, 0.3) is 0 Å². The Balaban J connectivity index is 0.00000225. The number of guanidine groups is 1. The van der Waals surface area contributed by atoms with Gasteiger partial charge in [-0.2, -0.15) is 0 Å². The molecule has 7 heteroatoms. The lowest BCUT2D eigenvalue weighted by Gasteiger charge is -2.33. The number of ether oxygens (including phenoxy) is 1. The summed E-state index contributed by atoms with van der Waals surface area (Å²) in [5.41, 5.74) is 7.02. The van der Waals surface area contributed by atoms with Gasteiger partial charge in [0.15, 0.2) is 5.96 Å².